The van der Waals surface area contributed by atoms with E-state index >= 15 is 0 Å². The van der Waals surface area contributed by atoms with Crippen molar-refractivity contribution in [2.24, 2.45) is 0 Å². The highest BCUT2D eigenvalue weighted by molar-refractivity contribution is 6.46. The van der Waals surface area contributed by atoms with Gasteiger partial charge in [-0.15, -0.1) is 0 Å². The molecule has 1 atom stereocenters. The van der Waals surface area contributed by atoms with E-state index in [9.17, 15) is 14.7 Å². The minimum absolute atomic E-state index is 0.125. The van der Waals surface area contributed by atoms with Crippen molar-refractivity contribution in [3.8, 4) is 0 Å². The molecule has 1 saturated heterocycles. The summed E-state index contributed by atoms with van der Waals surface area (Å²) in [5.41, 5.74) is 1.39. The standard InChI is InChI=1S/C21H20ClNO3/c1-2-3-13-23-18(14-7-5-4-6-8-14)17(20(25)21(23)26)19(24)15-9-11-16(22)12-10-15/h4-12,18,24H,2-3,13H2,1H3/b19-17+/t18-/m1/s1. The maximum absolute atomic E-state index is 12.7. The predicted octanol–water partition coefficient (Wildman–Crippen LogP) is 4.56. The first-order chi connectivity index (χ1) is 12.5. The van der Waals surface area contributed by atoms with Gasteiger partial charge in [-0.05, 0) is 36.2 Å². The molecule has 5 heteroatoms. The molecule has 0 radical (unpaired) electrons. The van der Waals surface area contributed by atoms with Gasteiger partial charge in [0.25, 0.3) is 11.7 Å². The zero-order valence-electron chi connectivity index (χ0n) is 14.5. The zero-order valence-corrected chi connectivity index (χ0v) is 15.2. The van der Waals surface area contributed by atoms with E-state index in [4.69, 9.17) is 11.6 Å². The molecule has 1 heterocycles. The van der Waals surface area contributed by atoms with Crippen LogP contribution in [0.5, 0.6) is 0 Å². The number of carbonyl (C=O) groups is 2. The topological polar surface area (TPSA) is 57.6 Å². The molecule has 0 unspecified atom stereocenters. The molecular formula is C21H20ClNO3. The molecule has 0 aliphatic carbocycles. The van der Waals surface area contributed by atoms with E-state index in [1.54, 1.807) is 29.2 Å². The summed E-state index contributed by atoms with van der Waals surface area (Å²) in [6.07, 6.45) is 1.69. The van der Waals surface area contributed by atoms with Gasteiger partial charge >= 0.3 is 0 Å². The Balaban J connectivity index is 2.14. The molecule has 1 fully saturated rings. The number of unbranched alkanes of at least 4 members (excludes halogenated alkanes) is 1. The fourth-order valence-electron chi connectivity index (χ4n) is 3.18. The van der Waals surface area contributed by atoms with Crippen LogP contribution in [-0.4, -0.2) is 28.2 Å². The SMILES string of the molecule is CCCCN1C(=O)C(=O)/C(=C(/O)c2ccc(Cl)cc2)[C@H]1c1ccccc1. The number of aliphatic hydroxyl groups excluding tert-OH is 1. The van der Waals surface area contributed by atoms with E-state index in [0.29, 0.717) is 17.1 Å². The summed E-state index contributed by atoms with van der Waals surface area (Å²) in [5.74, 6) is -1.39. The Morgan fingerprint density at radius 1 is 1.08 bits per heavy atom. The molecule has 1 aliphatic rings. The Kier molecular flexibility index (Phi) is 5.43. The van der Waals surface area contributed by atoms with E-state index in [-0.39, 0.29) is 11.3 Å². The van der Waals surface area contributed by atoms with Gasteiger partial charge in [-0.2, -0.15) is 0 Å². The fraction of sp³-hybridized carbons (Fsp3) is 0.238. The van der Waals surface area contributed by atoms with Crippen LogP contribution in [0.15, 0.2) is 60.2 Å². The third-order valence-electron chi connectivity index (χ3n) is 4.53. The van der Waals surface area contributed by atoms with Gasteiger partial charge in [0.2, 0.25) is 0 Å². The number of nitrogens with zero attached hydrogens (tertiary/aromatic N) is 1. The largest absolute Gasteiger partial charge is 0.507 e. The number of rotatable bonds is 5. The van der Waals surface area contributed by atoms with Crippen LogP contribution in [0.1, 0.15) is 36.9 Å². The van der Waals surface area contributed by atoms with Crippen molar-refractivity contribution in [1.29, 1.82) is 0 Å². The third-order valence-corrected chi connectivity index (χ3v) is 4.78. The van der Waals surface area contributed by atoms with E-state index in [0.717, 1.165) is 18.4 Å². The highest BCUT2D eigenvalue weighted by Gasteiger charge is 2.45. The van der Waals surface area contributed by atoms with Gasteiger partial charge in [-0.3, -0.25) is 9.59 Å². The highest BCUT2D eigenvalue weighted by atomic mass is 35.5. The van der Waals surface area contributed by atoms with Crippen LogP contribution < -0.4 is 0 Å². The first kappa shape index (κ1) is 18.2. The van der Waals surface area contributed by atoms with Gasteiger partial charge in [0.1, 0.15) is 5.76 Å². The number of amides is 1. The lowest BCUT2D eigenvalue weighted by molar-refractivity contribution is -0.139. The number of Topliss-reactive ketones (excluding diaryl/α,β-unsaturated/α-hetero) is 1. The van der Waals surface area contributed by atoms with E-state index in [1.807, 2.05) is 37.3 Å². The van der Waals surface area contributed by atoms with Crippen LogP contribution in [0.3, 0.4) is 0 Å². The predicted molar refractivity (Wildman–Crippen MR) is 102 cm³/mol. The Morgan fingerprint density at radius 2 is 1.73 bits per heavy atom. The lowest BCUT2D eigenvalue weighted by atomic mass is 9.95. The van der Waals surface area contributed by atoms with Crippen LogP contribution in [0, 0.1) is 0 Å². The second kappa shape index (κ2) is 7.75. The number of carbonyl (C=O) groups excluding carboxylic acids is 2. The van der Waals surface area contributed by atoms with Crippen LogP contribution >= 0.6 is 11.6 Å². The van der Waals surface area contributed by atoms with Crippen LogP contribution in [0.25, 0.3) is 5.76 Å². The van der Waals surface area contributed by atoms with Gasteiger partial charge in [-0.25, -0.2) is 0 Å². The van der Waals surface area contributed by atoms with Crippen molar-refractivity contribution in [3.63, 3.8) is 0 Å². The van der Waals surface area contributed by atoms with Crippen molar-refractivity contribution >= 4 is 29.1 Å². The molecule has 2 aromatic rings. The number of halogens is 1. The molecule has 0 aromatic heterocycles. The summed E-state index contributed by atoms with van der Waals surface area (Å²) >= 11 is 5.91. The number of aliphatic hydroxyl groups is 1. The molecule has 2 aromatic carbocycles. The zero-order chi connectivity index (χ0) is 18.7. The molecule has 3 rings (SSSR count). The van der Waals surface area contributed by atoms with Gasteiger partial charge in [0.15, 0.2) is 0 Å². The molecule has 1 N–H and O–H groups in total. The summed E-state index contributed by atoms with van der Waals surface area (Å²) in [5, 5.41) is 11.3. The van der Waals surface area contributed by atoms with Crippen LogP contribution in [0.4, 0.5) is 0 Å². The maximum Gasteiger partial charge on any atom is 0.295 e. The van der Waals surface area contributed by atoms with Gasteiger partial charge in [-0.1, -0.05) is 55.3 Å². The molecule has 0 spiro atoms. The number of benzene rings is 2. The number of ketones is 1. The summed E-state index contributed by atoms with van der Waals surface area (Å²) in [7, 11) is 0. The minimum atomic E-state index is -0.651. The molecule has 0 bridgehead atoms. The second-order valence-corrected chi connectivity index (χ2v) is 6.70. The van der Waals surface area contributed by atoms with Gasteiger partial charge in [0, 0.05) is 17.1 Å². The monoisotopic (exact) mass is 369 g/mol. The second-order valence-electron chi connectivity index (χ2n) is 6.26. The van der Waals surface area contributed by atoms with Crippen molar-refractivity contribution in [3.05, 3.63) is 76.3 Å². The normalized spacial score (nSPS) is 19.2. The number of hydrogen-bond donors (Lipinski definition) is 1. The smallest absolute Gasteiger partial charge is 0.295 e. The maximum atomic E-state index is 12.7. The number of hydrogen-bond acceptors (Lipinski definition) is 3. The summed E-state index contributed by atoms with van der Waals surface area (Å²) < 4.78 is 0. The van der Waals surface area contributed by atoms with Crippen molar-refractivity contribution in [2.45, 2.75) is 25.8 Å². The van der Waals surface area contributed by atoms with Gasteiger partial charge < -0.3 is 10.0 Å². The van der Waals surface area contributed by atoms with Gasteiger partial charge in [0.05, 0.1) is 11.6 Å². The molecule has 4 nitrogen and oxygen atoms in total. The summed E-state index contributed by atoms with van der Waals surface area (Å²) in [4.78, 5) is 26.9. The van der Waals surface area contributed by atoms with Crippen molar-refractivity contribution in [1.82, 2.24) is 4.90 Å². The first-order valence-corrected chi connectivity index (χ1v) is 9.01. The Labute approximate surface area is 157 Å². The fourth-order valence-corrected chi connectivity index (χ4v) is 3.31. The Bertz CT molecular complexity index is 843. The van der Waals surface area contributed by atoms with E-state index in [2.05, 4.69) is 0 Å². The van der Waals surface area contributed by atoms with Crippen molar-refractivity contribution in [2.75, 3.05) is 6.54 Å². The first-order valence-electron chi connectivity index (χ1n) is 8.64. The molecule has 1 amide bonds. The Hall–Kier alpha value is -2.59. The third kappa shape index (κ3) is 3.37. The van der Waals surface area contributed by atoms with E-state index < -0.39 is 17.7 Å². The quantitative estimate of drug-likeness (QED) is 0.477. The highest BCUT2D eigenvalue weighted by Crippen LogP contribution is 2.39. The summed E-state index contributed by atoms with van der Waals surface area (Å²) in [6, 6.07) is 15.3. The van der Waals surface area contributed by atoms with Crippen LogP contribution in [0.2, 0.25) is 5.02 Å². The summed E-state index contributed by atoms with van der Waals surface area (Å²) in [6.45, 7) is 2.50. The van der Waals surface area contributed by atoms with Crippen molar-refractivity contribution < 1.29 is 14.7 Å². The molecular weight excluding hydrogens is 350 g/mol. The number of likely N-dealkylation sites (tertiary alicyclic amines) is 1. The lowest BCUT2D eigenvalue weighted by Crippen LogP contribution is -2.30. The molecule has 26 heavy (non-hydrogen) atoms. The average Bonchev–Trinajstić information content (AvgIpc) is 2.91. The Morgan fingerprint density at radius 3 is 2.35 bits per heavy atom. The molecule has 1 aliphatic heterocycles. The van der Waals surface area contributed by atoms with E-state index in [1.165, 1.54) is 0 Å². The lowest BCUT2D eigenvalue weighted by Gasteiger charge is -2.25. The average molecular weight is 370 g/mol. The van der Waals surface area contributed by atoms with Crippen LogP contribution in [-0.2, 0) is 9.59 Å². The molecule has 134 valence electrons. The molecule has 0 saturated carbocycles. The minimum Gasteiger partial charge on any atom is -0.507 e.